The van der Waals surface area contributed by atoms with Crippen LogP contribution in [-0.2, 0) is 22.4 Å². The zero-order chi connectivity index (χ0) is 23.1. The van der Waals surface area contributed by atoms with E-state index >= 15 is 0 Å². The first-order valence-electron chi connectivity index (χ1n) is 10.9. The molecule has 7 nitrogen and oxygen atoms in total. The Hall–Kier alpha value is -3.35. The fraction of sp³-hybridized carbons (Fsp3) is 0.400. The van der Waals surface area contributed by atoms with Gasteiger partial charge >= 0.3 is 6.09 Å². The molecule has 0 atom stereocenters. The van der Waals surface area contributed by atoms with Crippen LogP contribution in [-0.4, -0.2) is 30.1 Å². The molecule has 2 aromatic carbocycles. The van der Waals surface area contributed by atoms with Crippen LogP contribution in [0.5, 0.6) is 11.5 Å². The molecule has 32 heavy (non-hydrogen) atoms. The van der Waals surface area contributed by atoms with E-state index in [2.05, 4.69) is 10.6 Å². The molecule has 0 bridgehead atoms. The van der Waals surface area contributed by atoms with E-state index in [4.69, 9.17) is 9.47 Å². The molecule has 1 heterocycles. The number of carbonyl (C=O) groups excluding carboxylic acids is 3. The monoisotopic (exact) mass is 438 g/mol. The minimum absolute atomic E-state index is 0.171. The number of ether oxygens (including phenoxy) is 2. The molecule has 0 aliphatic carbocycles. The average molecular weight is 439 g/mol. The van der Waals surface area contributed by atoms with E-state index in [-0.39, 0.29) is 18.4 Å². The lowest BCUT2D eigenvalue weighted by Crippen LogP contribution is -2.37. The quantitative estimate of drug-likeness (QED) is 0.467. The number of imide groups is 1. The highest BCUT2D eigenvalue weighted by Gasteiger charge is 2.26. The maximum atomic E-state index is 12.2. The molecule has 3 rings (SSSR count). The molecule has 3 amide bonds. The molecule has 0 saturated carbocycles. The lowest BCUT2D eigenvalue weighted by atomic mass is 9.99. The van der Waals surface area contributed by atoms with Crippen molar-refractivity contribution in [3.63, 3.8) is 0 Å². The van der Waals surface area contributed by atoms with Crippen molar-refractivity contribution in [1.82, 2.24) is 10.6 Å². The van der Waals surface area contributed by atoms with Gasteiger partial charge in [0.2, 0.25) is 5.91 Å². The van der Waals surface area contributed by atoms with Crippen LogP contribution in [0.2, 0.25) is 0 Å². The van der Waals surface area contributed by atoms with Crippen LogP contribution in [0.3, 0.4) is 0 Å². The fourth-order valence-electron chi connectivity index (χ4n) is 3.46. The predicted molar refractivity (Wildman–Crippen MR) is 121 cm³/mol. The standard InChI is InChI=1S/C25H30N2O5/c1-25(2,3)32-24(30)26-15-6-4-5-8-17-11-13-19(14-12-17)31-20-10-7-9-18-16-21(28)27-23(29)22(18)20/h7,9-14H,4-6,8,15-16H2,1-3H3,(H,26,30)(H,27,28,29). The van der Waals surface area contributed by atoms with Crippen molar-refractivity contribution in [3.8, 4) is 11.5 Å². The number of fused-ring (bicyclic) bond motifs is 1. The molecule has 7 heteroatoms. The topological polar surface area (TPSA) is 93.7 Å². The van der Waals surface area contributed by atoms with Gasteiger partial charge in [0.1, 0.15) is 17.1 Å². The Morgan fingerprint density at radius 2 is 1.78 bits per heavy atom. The zero-order valence-electron chi connectivity index (χ0n) is 18.8. The SMILES string of the molecule is CC(C)(C)OC(=O)NCCCCCc1ccc(Oc2cccc3c2C(=O)NC(=O)C3)cc1. The van der Waals surface area contributed by atoms with Crippen LogP contribution < -0.4 is 15.4 Å². The van der Waals surface area contributed by atoms with E-state index in [1.165, 1.54) is 5.56 Å². The summed E-state index contributed by atoms with van der Waals surface area (Å²) in [6.45, 7) is 6.13. The first-order valence-corrected chi connectivity index (χ1v) is 10.9. The predicted octanol–water partition coefficient (Wildman–Crippen LogP) is 4.53. The van der Waals surface area contributed by atoms with E-state index < -0.39 is 11.5 Å². The highest BCUT2D eigenvalue weighted by Crippen LogP contribution is 2.30. The van der Waals surface area contributed by atoms with Crippen LogP contribution in [0.1, 0.15) is 61.5 Å². The van der Waals surface area contributed by atoms with Gasteiger partial charge in [-0.25, -0.2) is 4.79 Å². The molecule has 0 saturated heterocycles. The molecule has 1 aliphatic rings. The van der Waals surface area contributed by atoms with Gasteiger partial charge in [0.05, 0.1) is 12.0 Å². The van der Waals surface area contributed by atoms with Crippen molar-refractivity contribution < 1.29 is 23.9 Å². The Labute approximate surface area is 188 Å². The van der Waals surface area contributed by atoms with Crippen LogP contribution in [0.15, 0.2) is 42.5 Å². The van der Waals surface area contributed by atoms with Gasteiger partial charge in [-0.05, 0) is 69.4 Å². The van der Waals surface area contributed by atoms with Gasteiger partial charge in [-0.3, -0.25) is 14.9 Å². The Morgan fingerprint density at radius 1 is 1.03 bits per heavy atom. The maximum absolute atomic E-state index is 12.2. The summed E-state index contributed by atoms with van der Waals surface area (Å²) in [5.74, 6) is 0.348. The van der Waals surface area contributed by atoms with Crippen LogP contribution in [0, 0.1) is 0 Å². The Kier molecular flexibility index (Phi) is 7.51. The van der Waals surface area contributed by atoms with E-state index in [9.17, 15) is 14.4 Å². The molecule has 0 aromatic heterocycles. The van der Waals surface area contributed by atoms with Crippen molar-refractivity contribution in [2.24, 2.45) is 0 Å². The van der Waals surface area contributed by atoms with E-state index in [1.807, 2.05) is 45.0 Å². The highest BCUT2D eigenvalue weighted by atomic mass is 16.6. The highest BCUT2D eigenvalue weighted by molar-refractivity contribution is 6.11. The summed E-state index contributed by atoms with van der Waals surface area (Å²) in [5, 5.41) is 5.11. The van der Waals surface area contributed by atoms with Gasteiger partial charge in [-0.2, -0.15) is 0 Å². The van der Waals surface area contributed by atoms with Crippen LogP contribution >= 0.6 is 0 Å². The third-order valence-electron chi connectivity index (χ3n) is 4.91. The second kappa shape index (κ2) is 10.3. The molecule has 1 aliphatic heterocycles. The number of aryl methyl sites for hydroxylation is 1. The number of carbonyl (C=O) groups is 3. The van der Waals surface area contributed by atoms with E-state index in [0.717, 1.165) is 25.7 Å². The summed E-state index contributed by atoms with van der Waals surface area (Å²) in [6.07, 6.45) is 3.62. The van der Waals surface area contributed by atoms with Gasteiger partial charge in [0, 0.05) is 6.54 Å². The second-order valence-electron chi connectivity index (χ2n) is 8.83. The number of nitrogens with one attached hydrogen (secondary N) is 2. The molecule has 2 N–H and O–H groups in total. The Balaban J connectivity index is 1.44. The lowest BCUT2D eigenvalue weighted by molar-refractivity contribution is -0.119. The number of hydrogen-bond acceptors (Lipinski definition) is 5. The molecular weight excluding hydrogens is 408 g/mol. The van der Waals surface area contributed by atoms with Crippen molar-refractivity contribution in [1.29, 1.82) is 0 Å². The van der Waals surface area contributed by atoms with Crippen molar-refractivity contribution in [3.05, 3.63) is 59.2 Å². The number of hydrogen-bond donors (Lipinski definition) is 2. The number of rotatable bonds is 8. The largest absolute Gasteiger partial charge is 0.457 e. The third-order valence-corrected chi connectivity index (χ3v) is 4.91. The molecule has 0 radical (unpaired) electrons. The number of alkyl carbamates (subject to hydrolysis) is 1. The summed E-state index contributed by atoms with van der Waals surface area (Å²) < 4.78 is 11.1. The second-order valence-corrected chi connectivity index (χ2v) is 8.83. The molecule has 0 fully saturated rings. The maximum Gasteiger partial charge on any atom is 0.407 e. The minimum Gasteiger partial charge on any atom is -0.457 e. The first kappa shape index (κ1) is 23.3. The number of benzene rings is 2. The molecule has 170 valence electrons. The van der Waals surface area contributed by atoms with Gasteiger partial charge in [-0.1, -0.05) is 30.7 Å². The smallest absolute Gasteiger partial charge is 0.407 e. The van der Waals surface area contributed by atoms with E-state index in [0.29, 0.717) is 29.2 Å². The fourth-order valence-corrected chi connectivity index (χ4v) is 3.46. The van der Waals surface area contributed by atoms with Gasteiger partial charge in [0.25, 0.3) is 5.91 Å². The Bertz CT molecular complexity index is 977. The van der Waals surface area contributed by atoms with Gasteiger partial charge in [-0.15, -0.1) is 0 Å². The summed E-state index contributed by atoms with van der Waals surface area (Å²) in [6, 6.07) is 13.1. The molecule has 0 unspecified atom stereocenters. The van der Waals surface area contributed by atoms with Crippen LogP contribution in [0.4, 0.5) is 4.79 Å². The van der Waals surface area contributed by atoms with Gasteiger partial charge < -0.3 is 14.8 Å². The molecule has 0 spiro atoms. The van der Waals surface area contributed by atoms with E-state index in [1.54, 1.807) is 18.2 Å². The zero-order valence-corrected chi connectivity index (χ0v) is 18.8. The molecule has 2 aromatic rings. The summed E-state index contributed by atoms with van der Waals surface area (Å²) in [5.41, 5.74) is 1.80. The minimum atomic E-state index is -0.481. The van der Waals surface area contributed by atoms with Crippen molar-refractivity contribution >= 4 is 17.9 Å². The number of amides is 3. The third kappa shape index (κ3) is 6.83. The normalized spacial score (nSPS) is 13.2. The molecular formula is C25H30N2O5. The van der Waals surface area contributed by atoms with Crippen molar-refractivity contribution in [2.45, 2.75) is 58.5 Å². The first-order chi connectivity index (χ1) is 15.2. The summed E-state index contributed by atoms with van der Waals surface area (Å²) in [4.78, 5) is 35.4. The lowest BCUT2D eigenvalue weighted by Gasteiger charge is -2.19. The van der Waals surface area contributed by atoms with Gasteiger partial charge in [0.15, 0.2) is 0 Å². The Morgan fingerprint density at radius 3 is 2.50 bits per heavy atom. The van der Waals surface area contributed by atoms with Crippen LogP contribution in [0.25, 0.3) is 0 Å². The average Bonchev–Trinajstić information content (AvgIpc) is 2.70. The summed E-state index contributed by atoms with van der Waals surface area (Å²) >= 11 is 0. The summed E-state index contributed by atoms with van der Waals surface area (Å²) in [7, 11) is 0. The number of unbranched alkanes of at least 4 members (excludes halogenated alkanes) is 2. The van der Waals surface area contributed by atoms with Crippen molar-refractivity contribution in [2.75, 3.05) is 6.54 Å².